The van der Waals surface area contributed by atoms with Crippen molar-refractivity contribution in [3.8, 4) is 0 Å². The molecule has 1 aromatic carbocycles. The molecular weight excluding hydrogens is 360 g/mol. The first-order valence-electron chi connectivity index (χ1n) is 8.51. The summed E-state index contributed by atoms with van der Waals surface area (Å²) in [5, 5.41) is 1.15. The maximum absolute atomic E-state index is 11.7. The fourth-order valence-electron chi connectivity index (χ4n) is 3.17. The van der Waals surface area contributed by atoms with Crippen molar-refractivity contribution in [1.82, 2.24) is 0 Å². The quantitative estimate of drug-likeness (QED) is 0.681. The van der Waals surface area contributed by atoms with Crippen LogP contribution in [-0.4, -0.2) is 39.3 Å². The van der Waals surface area contributed by atoms with Crippen LogP contribution in [0.15, 0.2) is 30.3 Å². The molecule has 1 aliphatic rings. The van der Waals surface area contributed by atoms with E-state index in [1.54, 1.807) is 11.3 Å². The van der Waals surface area contributed by atoms with Gasteiger partial charge in [-0.15, -0.1) is 11.3 Å². The van der Waals surface area contributed by atoms with E-state index in [4.69, 9.17) is 13.7 Å². The summed E-state index contributed by atoms with van der Waals surface area (Å²) < 4.78 is 42.0. The zero-order chi connectivity index (χ0) is 18.1. The summed E-state index contributed by atoms with van der Waals surface area (Å²) in [6.45, 7) is 4.35. The molecule has 25 heavy (non-hydrogen) atoms. The van der Waals surface area contributed by atoms with Crippen LogP contribution in [0.25, 0.3) is 10.1 Å². The van der Waals surface area contributed by atoms with Crippen molar-refractivity contribution in [1.29, 1.82) is 0 Å². The van der Waals surface area contributed by atoms with Gasteiger partial charge in [-0.3, -0.25) is 4.18 Å². The van der Waals surface area contributed by atoms with Gasteiger partial charge in [0, 0.05) is 16.0 Å². The molecule has 138 valence electrons. The third-order valence-corrected chi connectivity index (χ3v) is 6.28. The molecular formula is C18H24O5S2. The lowest BCUT2D eigenvalue weighted by Gasteiger charge is -2.27. The average Bonchev–Trinajstić information content (AvgIpc) is 3.17. The fraction of sp³-hybridized carbons (Fsp3) is 0.556. The van der Waals surface area contributed by atoms with Gasteiger partial charge in [0.25, 0.3) is 10.1 Å². The van der Waals surface area contributed by atoms with Gasteiger partial charge in [-0.2, -0.15) is 8.42 Å². The molecule has 0 radical (unpaired) electrons. The van der Waals surface area contributed by atoms with E-state index in [0.717, 1.165) is 16.5 Å². The van der Waals surface area contributed by atoms with Crippen molar-refractivity contribution in [3.05, 3.63) is 35.2 Å². The summed E-state index contributed by atoms with van der Waals surface area (Å²) >= 11 is 1.65. The summed E-state index contributed by atoms with van der Waals surface area (Å²) in [5.41, 5.74) is 0. The lowest BCUT2D eigenvalue weighted by atomic mass is 10.1. The van der Waals surface area contributed by atoms with Gasteiger partial charge in [0.15, 0.2) is 5.79 Å². The van der Waals surface area contributed by atoms with Gasteiger partial charge in [-0.05, 0) is 30.4 Å². The number of hydrogen-bond acceptors (Lipinski definition) is 6. The molecule has 2 heterocycles. The Bertz CT molecular complexity index is 790. The normalized spacial score (nSPS) is 21.6. The molecule has 0 spiro atoms. The Balaban J connectivity index is 1.82. The average molecular weight is 385 g/mol. The molecule has 0 unspecified atom stereocenters. The zero-order valence-electron chi connectivity index (χ0n) is 14.7. The number of fused-ring (bicyclic) bond motifs is 1. The molecule has 1 aliphatic heterocycles. The molecule has 1 fully saturated rings. The molecule has 5 nitrogen and oxygen atoms in total. The standard InChI is InChI=1S/C18H24O5S2/c1-4-18(5-2)21-12-16(22-18)15(23-25(3,19)20)11-14-10-13-8-6-7-9-17(13)24-14/h6-10,15-16H,4-5,11-12H2,1-3H3/t15-,16-/m1/s1. The first-order chi connectivity index (χ1) is 11.8. The van der Waals surface area contributed by atoms with Gasteiger partial charge >= 0.3 is 0 Å². The number of thiophene rings is 1. The molecule has 0 aliphatic carbocycles. The Morgan fingerprint density at radius 3 is 2.64 bits per heavy atom. The summed E-state index contributed by atoms with van der Waals surface area (Å²) in [7, 11) is -3.59. The van der Waals surface area contributed by atoms with E-state index in [2.05, 4.69) is 18.2 Å². The smallest absolute Gasteiger partial charge is 0.264 e. The van der Waals surface area contributed by atoms with Crippen molar-refractivity contribution in [2.45, 2.75) is 51.1 Å². The lowest BCUT2D eigenvalue weighted by molar-refractivity contribution is -0.179. The second kappa shape index (κ2) is 7.32. The Kier molecular flexibility index (Phi) is 5.51. The van der Waals surface area contributed by atoms with Crippen LogP contribution in [-0.2, 0) is 30.2 Å². The Morgan fingerprint density at radius 1 is 1.32 bits per heavy atom. The van der Waals surface area contributed by atoms with E-state index in [1.807, 2.05) is 26.0 Å². The summed E-state index contributed by atoms with van der Waals surface area (Å²) in [5.74, 6) is -0.635. The van der Waals surface area contributed by atoms with E-state index >= 15 is 0 Å². The number of hydrogen-bond donors (Lipinski definition) is 0. The molecule has 0 amide bonds. The van der Waals surface area contributed by atoms with Crippen LogP contribution in [0.1, 0.15) is 31.6 Å². The number of benzene rings is 1. The van der Waals surface area contributed by atoms with Crippen molar-refractivity contribution in [2.24, 2.45) is 0 Å². The third kappa shape index (κ3) is 4.41. The predicted molar refractivity (Wildman–Crippen MR) is 99.4 cm³/mol. The minimum Gasteiger partial charge on any atom is -0.347 e. The molecule has 7 heteroatoms. The fourth-order valence-corrected chi connectivity index (χ4v) is 4.92. The van der Waals surface area contributed by atoms with Gasteiger partial charge in [-0.1, -0.05) is 32.0 Å². The van der Waals surface area contributed by atoms with E-state index in [0.29, 0.717) is 25.9 Å². The van der Waals surface area contributed by atoms with E-state index in [1.165, 1.54) is 4.70 Å². The van der Waals surface area contributed by atoms with Crippen LogP contribution in [0.2, 0.25) is 0 Å². The highest BCUT2D eigenvalue weighted by atomic mass is 32.2. The molecule has 0 saturated carbocycles. The maximum atomic E-state index is 11.7. The van der Waals surface area contributed by atoms with Crippen LogP contribution in [0.4, 0.5) is 0 Å². The van der Waals surface area contributed by atoms with Gasteiger partial charge in [-0.25, -0.2) is 0 Å². The molecule has 1 aromatic heterocycles. The van der Waals surface area contributed by atoms with Crippen LogP contribution in [0.3, 0.4) is 0 Å². The monoisotopic (exact) mass is 384 g/mol. The Morgan fingerprint density at radius 2 is 2.04 bits per heavy atom. The van der Waals surface area contributed by atoms with Crippen molar-refractivity contribution < 1.29 is 22.1 Å². The highest BCUT2D eigenvalue weighted by Crippen LogP contribution is 2.34. The van der Waals surface area contributed by atoms with Crippen LogP contribution >= 0.6 is 11.3 Å². The van der Waals surface area contributed by atoms with E-state index < -0.39 is 28.1 Å². The zero-order valence-corrected chi connectivity index (χ0v) is 16.4. The maximum Gasteiger partial charge on any atom is 0.264 e. The lowest BCUT2D eigenvalue weighted by Crippen LogP contribution is -2.37. The minimum atomic E-state index is -3.59. The van der Waals surface area contributed by atoms with Crippen molar-refractivity contribution in [3.63, 3.8) is 0 Å². The van der Waals surface area contributed by atoms with Gasteiger partial charge in [0.1, 0.15) is 12.2 Å². The molecule has 2 aromatic rings. The second-order valence-electron chi connectivity index (χ2n) is 6.38. The highest BCUT2D eigenvalue weighted by Gasteiger charge is 2.43. The summed E-state index contributed by atoms with van der Waals surface area (Å²) in [6.07, 6.45) is 1.99. The molecule has 0 N–H and O–H groups in total. The van der Waals surface area contributed by atoms with E-state index in [-0.39, 0.29) is 0 Å². The SMILES string of the molecule is CCC1(CC)OC[C@H]([C@@H](Cc2cc3ccccc3s2)OS(C)(=O)=O)O1. The van der Waals surface area contributed by atoms with Gasteiger partial charge in [0.05, 0.1) is 12.9 Å². The minimum absolute atomic E-state index is 0.340. The van der Waals surface area contributed by atoms with Crippen molar-refractivity contribution in [2.75, 3.05) is 12.9 Å². The number of rotatable bonds is 7. The van der Waals surface area contributed by atoms with Crippen LogP contribution in [0.5, 0.6) is 0 Å². The first kappa shape index (κ1) is 18.8. The van der Waals surface area contributed by atoms with Crippen molar-refractivity contribution >= 4 is 31.5 Å². The van der Waals surface area contributed by atoms with Gasteiger partial charge in [0.2, 0.25) is 0 Å². The summed E-state index contributed by atoms with van der Waals surface area (Å²) in [6, 6.07) is 10.2. The van der Waals surface area contributed by atoms with Crippen LogP contribution < -0.4 is 0 Å². The Hall–Kier alpha value is -0.990. The summed E-state index contributed by atoms with van der Waals surface area (Å²) in [4.78, 5) is 1.07. The third-order valence-electron chi connectivity index (χ3n) is 4.55. The van der Waals surface area contributed by atoms with Crippen LogP contribution in [0, 0.1) is 0 Å². The largest absolute Gasteiger partial charge is 0.347 e. The first-order valence-corrected chi connectivity index (χ1v) is 11.1. The highest BCUT2D eigenvalue weighted by molar-refractivity contribution is 7.86. The molecule has 0 bridgehead atoms. The van der Waals surface area contributed by atoms with E-state index in [9.17, 15) is 8.42 Å². The molecule has 3 rings (SSSR count). The Labute approximate surface area is 153 Å². The number of ether oxygens (including phenoxy) is 2. The topological polar surface area (TPSA) is 61.8 Å². The second-order valence-corrected chi connectivity index (χ2v) is 9.15. The molecule has 2 atom stereocenters. The predicted octanol–water partition coefficient (Wildman–Crippen LogP) is 3.72. The molecule has 1 saturated heterocycles. The van der Waals surface area contributed by atoms with Gasteiger partial charge < -0.3 is 9.47 Å².